The van der Waals surface area contributed by atoms with Crippen molar-refractivity contribution in [1.29, 1.82) is 0 Å². The second kappa shape index (κ2) is 7.74. The molecule has 5 atom stereocenters. The average Bonchev–Trinajstić information content (AvgIpc) is 2.42. The quantitative estimate of drug-likeness (QED) is 0.259. The molecule has 2 rings (SSSR count). The van der Waals surface area contributed by atoms with Crippen LogP contribution < -0.4 is 0 Å². The molecule has 1 aliphatic heterocycles. The third kappa shape index (κ3) is 4.70. The number of hydrogen-bond acceptors (Lipinski definition) is 7. The number of aliphatic hydroxyl groups excluding tert-OH is 4. The summed E-state index contributed by atoms with van der Waals surface area (Å²) in [7, 11) is 0. The summed E-state index contributed by atoms with van der Waals surface area (Å²) in [5, 5.41) is 45.6. The Morgan fingerprint density at radius 3 is 2.10 bits per heavy atom. The number of hydrogen-bond donors (Lipinski definition) is 6. The zero-order chi connectivity index (χ0) is 15.3. The van der Waals surface area contributed by atoms with Gasteiger partial charge in [-0.15, -0.1) is 12.6 Å². The van der Waals surface area contributed by atoms with Crippen LogP contribution in [0.25, 0.3) is 0 Å². The molecule has 0 saturated carbocycles. The molecule has 1 radical (unpaired) electrons. The zero-order valence-electron chi connectivity index (χ0n) is 10.4. The summed E-state index contributed by atoms with van der Waals surface area (Å²) in [6, 6.07) is 9.79. The number of benzene rings is 1. The van der Waals surface area contributed by atoms with E-state index < -0.39 is 35.7 Å². The van der Waals surface area contributed by atoms with Crippen LogP contribution in [-0.4, -0.2) is 77.3 Å². The Morgan fingerprint density at radius 2 is 1.70 bits per heavy atom. The van der Waals surface area contributed by atoms with Crippen LogP contribution in [0.15, 0.2) is 35.2 Å². The first-order valence-corrected chi connectivity index (χ1v) is 7.09. The molecule has 6 nitrogen and oxygen atoms in total. The molecule has 8 heteroatoms. The fourth-order valence-electron chi connectivity index (χ4n) is 1.55. The van der Waals surface area contributed by atoms with Crippen LogP contribution in [0.5, 0.6) is 0 Å². The van der Waals surface area contributed by atoms with Gasteiger partial charge in [0.25, 0.3) is 0 Å². The molecule has 1 saturated heterocycles. The number of ether oxygens (including phenoxy) is 1. The van der Waals surface area contributed by atoms with Crippen LogP contribution in [0.3, 0.4) is 0 Å². The summed E-state index contributed by atoms with van der Waals surface area (Å²) in [4.78, 5) is 1.02. The third-order valence-corrected chi connectivity index (χ3v) is 3.69. The van der Waals surface area contributed by atoms with E-state index in [0.29, 0.717) is 0 Å². The van der Waals surface area contributed by atoms with Crippen molar-refractivity contribution in [1.82, 2.24) is 0 Å². The van der Waals surface area contributed by atoms with Gasteiger partial charge in [-0.3, -0.25) is 0 Å². The molecule has 1 aromatic carbocycles. The summed E-state index contributed by atoms with van der Waals surface area (Å²) < 4.78 is 2.63. The van der Waals surface area contributed by atoms with E-state index in [-0.39, 0.29) is 0 Å². The smallest absolute Gasteiger partial charge is 0.00399 e. The Hall–Kier alpha value is -0.151. The van der Waals surface area contributed by atoms with E-state index in [1.54, 1.807) is 0 Å². The van der Waals surface area contributed by atoms with E-state index in [2.05, 4.69) is 28.6 Å². The topological polar surface area (TPSA) is 110 Å². The van der Waals surface area contributed by atoms with Crippen LogP contribution in [-0.2, 0) is 4.74 Å². The molecule has 1 heterocycles. The first kappa shape index (κ1) is 17.9. The van der Waals surface area contributed by atoms with Crippen molar-refractivity contribution < 1.29 is 30.3 Å². The summed E-state index contributed by atoms with van der Waals surface area (Å²) in [6.07, 6.45) is -5.75. The minimum absolute atomic E-state index is 0.561. The standard InChI is InChI=1S/C6H11O6Se.C6H6S/c7-1-2-3(8)4(9)5(10)6(11,13)12-2;7-6-4-2-1-3-5-6/h2-5,7-11H,1H2;1-5,7H/t2-,3-,4+,5-,6+;/m1./s1. The maximum Gasteiger partial charge on any atom is 0.00399 e. The molecular formula is C12H17O6SSe. The molecule has 5 N–H and O–H groups in total. The van der Waals surface area contributed by atoms with Gasteiger partial charge in [-0.25, -0.2) is 0 Å². The molecule has 0 unspecified atom stereocenters. The van der Waals surface area contributed by atoms with Crippen LogP contribution in [0.2, 0.25) is 0 Å². The van der Waals surface area contributed by atoms with Crippen LogP contribution in [0.1, 0.15) is 0 Å². The maximum atomic E-state index is 9.32. The van der Waals surface area contributed by atoms with Gasteiger partial charge in [-0.05, 0) is 12.1 Å². The monoisotopic (exact) mass is 369 g/mol. The fraction of sp³-hybridized carbons (Fsp3) is 0.500. The Bertz CT molecular complexity index is 402. The average molecular weight is 368 g/mol. The minimum atomic E-state index is -2.08. The third-order valence-electron chi connectivity index (χ3n) is 2.68. The first-order chi connectivity index (χ1) is 9.29. The van der Waals surface area contributed by atoms with Gasteiger partial charge >= 0.3 is 82.0 Å². The van der Waals surface area contributed by atoms with Crippen molar-refractivity contribution in [2.45, 2.75) is 34.0 Å². The molecule has 0 bridgehead atoms. The number of rotatable bonds is 1. The molecule has 1 aromatic rings. The SMILES string of the molecule is OC[C@H]1O[C@](O)([Se])[C@H](O)[C@@H](O)[C@@H]1O.Sc1ccccc1. The molecule has 1 aliphatic rings. The van der Waals surface area contributed by atoms with Gasteiger partial charge in [-0.2, -0.15) is 0 Å². The van der Waals surface area contributed by atoms with Crippen LogP contribution >= 0.6 is 12.6 Å². The Labute approximate surface area is 130 Å². The second-order valence-corrected chi connectivity index (χ2v) is 5.97. The van der Waals surface area contributed by atoms with E-state index in [1.807, 2.05) is 30.3 Å². The summed E-state index contributed by atoms with van der Waals surface area (Å²) in [5.74, 6) is 0. The van der Waals surface area contributed by atoms with Crippen molar-refractivity contribution in [3.05, 3.63) is 30.3 Å². The first-order valence-electron chi connectivity index (χ1n) is 5.79. The van der Waals surface area contributed by atoms with Gasteiger partial charge in [0.05, 0.1) is 0 Å². The van der Waals surface area contributed by atoms with Crippen molar-refractivity contribution in [3.63, 3.8) is 0 Å². The Balaban J connectivity index is 0.000000240. The van der Waals surface area contributed by atoms with Gasteiger partial charge in [0.15, 0.2) is 0 Å². The van der Waals surface area contributed by atoms with E-state index in [4.69, 9.17) is 9.84 Å². The van der Waals surface area contributed by atoms with E-state index in [9.17, 15) is 20.4 Å². The predicted molar refractivity (Wildman–Crippen MR) is 74.4 cm³/mol. The Morgan fingerprint density at radius 1 is 1.15 bits per heavy atom. The Kier molecular flexibility index (Phi) is 6.93. The number of thiol groups is 1. The van der Waals surface area contributed by atoms with E-state index in [0.717, 1.165) is 4.90 Å². The van der Waals surface area contributed by atoms with Crippen LogP contribution in [0.4, 0.5) is 0 Å². The zero-order valence-corrected chi connectivity index (χ0v) is 13.0. The molecule has 20 heavy (non-hydrogen) atoms. The molecule has 0 aliphatic carbocycles. The van der Waals surface area contributed by atoms with Crippen molar-refractivity contribution in [2.24, 2.45) is 0 Å². The van der Waals surface area contributed by atoms with Crippen molar-refractivity contribution in [2.75, 3.05) is 6.61 Å². The molecule has 0 amide bonds. The number of aliphatic hydroxyl groups is 5. The summed E-state index contributed by atoms with van der Waals surface area (Å²) in [6.45, 7) is -0.561. The van der Waals surface area contributed by atoms with Gasteiger partial charge in [0, 0.05) is 4.90 Å². The predicted octanol–water partition coefficient (Wildman–Crippen LogP) is -1.75. The van der Waals surface area contributed by atoms with Gasteiger partial charge in [0.2, 0.25) is 0 Å². The van der Waals surface area contributed by atoms with Crippen molar-refractivity contribution >= 4 is 28.6 Å². The molecule has 1 fully saturated rings. The largest absolute Gasteiger partial charge is 0.143 e. The van der Waals surface area contributed by atoms with E-state index >= 15 is 0 Å². The summed E-state index contributed by atoms with van der Waals surface area (Å²) >= 11 is 6.21. The molecule has 0 aromatic heterocycles. The molecule has 0 spiro atoms. The normalized spacial score (nSPS) is 37.0. The van der Waals surface area contributed by atoms with Crippen LogP contribution in [0, 0.1) is 0 Å². The maximum absolute atomic E-state index is 9.32. The minimum Gasteiger partial charge on any atom is -0.143 e. The van der Waals surface area contributed by atoms with Gasteiger partial charge in [0.1, 0.15) is 0 Å². The molecular weight excluding hydrogens is 351 g/mol. The van der Waals surface area contributed by atoms with Gasteiger partial charge in [-0.1, -0.05) is 18.2 Å². The van der Waals surface area contributed by atoms with E-state index in [1.165, 1.54) is 0 Å². The molecule has 113 valence electrons. The van der Waals surface area contributed by atoms with Gasteiger partial charge < -0.3 is 0 Å². The van der Waals surface area contributed by atoms with Crippen molar-refractivity contribution in [3.8, 4) is 0 Å². The fourth-order valence-corrected chi connectivity index (χ4v) is 2.28. The summed E-state index contributed by atoms with van der Waals surface area (Å²) in [5.41, 5.74) is 0. The second-order valence-electron chi connectivity index (χ2n) is 4.23.